The predicted octanol–water partition coefficient (Wildman–Crippen LogP) is -0.558. The molecule has 0 aromatic heterocycles. The minimum absolute atomic E-state index is 0.0733. The number of nitrogens with two attached hydrogens (primary N) is 1. The Morgan fingerprint density at radius 3 is 2.10 bits per heavy atom. The molecule has 1 fully saturated rings. The Morgan fingerprint density at radius 2 is 1.63 bits per heavy atom. The number of carbonyl (C=O) groups is 4. The topological polar surface area (TPSA) is 162 Å². The van der Waals surface area contributed by atoms with Crippen LogP contribution in [0.1, 0.15) is 53.9 Å². The molecule has 6 N–H and O–H groups in total. The number of nitrogens with zero attached hydrogens (tertiary/aromatic N) is 1. The molecule has 1 heterocycles. The summed E-state index contributed by atoms with van der Waals surface area (Å²) in [4.78, 5) is 50.7. The van der Waals surface area contributed by atoms with Crippen molar-refractivity contribution in [2.75, 3.05) is 6.54 Å². The third-order valence-corrected chi connectivity index (χ3v) is 5.67. The molecule has 10 heteroatoms. The fourth-order valence-corrected chi connectivity index (χ4v) is 3.39. The van der Waals surface area contributed by atoms with Gasteiger partial charge in [0.1, 0.15) is 18.1 Å². The van der Waals surface area contributed by atoms with Crippen LogP contribution in [0.5, 0.6) is 0 Å². The minimum Gasteiger partial charge on any atom is -0.480 e. The highest BCUT2D eigenvalue weighted by Crippen LogP contribution is 2.19. The number of carboxylic acids is 1. The van der Waals surface area contributed by atoms with Gasteiger partial charge in [0.05, 0.1) is 12.1 Å². The highest BCUT2D eigenvalue weighted by Gasteiger charge is 2.40. The number of carbonyl (C=O) groups excluding carboxylic acids is 3. The molecule has 10 nitrogen and oxygen atoms in total. The molecule has 1 aliphatic rings. The summed E-state index contributed by atoms with van der Waals surface area (Å²) < 4.78 is 0. The fraction of sp³-hybridized carbons (Fsp3) is 0.800. The van der Waals surface area contributed by atoms with Crippen LogP contribution in [-0.4, -0.2) is 75.6 Å². The lowest BCUT2D eigenvalue weighted by atomic mass is 9.97. The second-order valence-corrected chi connectivity index (χ2v) is 8.40. The Morgan fingerprint density at radius 1 is 1.07 bits per heavy atom. The minimum atomic E-state index is -1.32. The fourth-order valence-electron chi connectivity index (χ4n) is 3.39. The second kappa shape index (κ2) is 11.3. The summed E-state index contributed by atoms with van der Waals surface area (Å²) >= 11 is 0. The molecular weight excluding hydrogens is 392 g/mol. The van der Waals surface area contributed by atoms with Crippen LogP contribution < -0.4 is 16.4 Å². The van der Waals surface area contributed by atoms with E-state index in [0.717, 1.165) is 0 Å². The van der Waals surface area contributed by atoms with Crippen LogP contribution in [0.2, 0.25) is 0 Å². The standard InChI is InChI=1S/C20H36N4O6/c1-6-11(4)14(21)17(26)22-15(10(2)3)18(27)23-16(12(5)25)19(28)24-9-7-8-13(24)20(29)30/h10-16,25H,6-9,21H2,1-5H3,(H,22,26)(H,23,27)(H,29,30). The molecule has 1 rings (SSSR count). The number of carboxylic acid groups (broad SMARTS) is 1. The van der Waals surface area contributed by atoms with E-state index in [9.17, 15) is 29.4 Å². The molecule has 172 valence electrons. The van der Waals surface area contributed by atoms with Crippen LogP contribution in [0.4, 0.5) is 0 Å². The van der Waals surface area contributed by atoms with Crippen LogP contribution in [0.15, 0.2) is 0 Å². The number of aliphatic carboxylic acids is 1. The first-order valence-corrected chi connectivity index (χ1v) is 10.5. The van der Waals surface area contributed by atoms with Gasteiger partial charge in [-0.1, -0.05) is 34.1 Å². The van der Waals surface area contributed by atoms with Crippen molar-refractivity contribution in [2.24, 2.45) is 17.6 Å². The van der Waals surface area contributed by atoms with E-state index in [1.165, 1.54) is 11.8 Å². The maximum Gasteiger partial charge on any atom is 0.326 e. The smallest absolute Gasteiger partial charge is 0.326 e. The van der Waals surface area contributed by atoms with Gasteiger partial charge in [0.2, 0.25) is 17.7 Å². The number of rotatable bonds is 10. The predicted molar refractivity (Wildman–Crippen MR) is 110 cm³/mol. The summed E-state index contributed by atoms with van der Waals surface area (Å²) in [5.41, 5.74) is 5.94. The molecule has 0 spiro atoms. The van der Waals surface area contributed by atoms with Gasteiger partial charge in [0, 0.05) is 6.54 Å². The van der Waals surface area contributed by atoms with Crippen LogP contribution in [0, 0.1) is 11.8 Å². The Hall–Kier alpha value is -2.20. The van der Waals surface area contributed by atoms with E-state index in [4.69, 9.17) is 5.73 Å². The largest absolute Gasteiger partial charge is 0.480 e. The van der Waals surface area contributed by atoms with Crippen molar-refractivity contribution < 1.29 is 29.4 Å². The Labute approximate surface area is 177 Å². The monoisotopic (exact) mass is 428 g/mol. The zero-order valence-corrected chi connectivity index (χ0v) is 18.4. The normalized spacial score (nSPS) is 21.5. The summed E-state index contributed by atoms with van der Waals surface area (Å²) in [5, 5.41) is 24.5. The van der Waals surface area contributed by atoms with E-state index in [-0.39, 0.29) is 18.4 Å². The quantitative estimate of drug-likeness (QED) is 0.311. The van der Waals surface area contributed by atoms with E-state index < -0.39 is 54.0 Å². The number of amides is 3. The molecule has 0 aromatic rings. The van der Waals surface area contributed by atoms with E-state index in [0.29, 0.717) is 19.3 Å². The van der Waals surface area contributed by atoms with Gasteiger partial charge >= 0.3 is 5.97 Å². The second-order valence-electron chi connectivity index (χ2n) is 8.40. The van der Waals surface area contributed by atoms with Gasteiger partial charge in [-0.15, -0.1) is 0 Å². The van der Waals surface area contributed by atoms with Crippen molar-refractivity contribution in [1.29, 1.82) is 0 Å². The van der Waals surface area contributed by atoms with Crippen LogP contribution in [-0.2, 0) is 19.2 Å². The molecule has 1 saturated heterocycles. The maximum atomic E-state index is 12.9. The van der Waals surface area contributed by atoms with E-state index >= 15 is 0 Å². The highest BCUT2D eigenvalue weighted by atomic mass is 16.4. The average molecular weight is 429 g/mol. The third-order valence-electron chi connectivity index (χ3n) is 5.67. The van der Waals surface area contributed by atoms with Crippen molar-refractivity contribution in [3.05, 3.63) is 0 Å². The van der Waals surface area contributed by atoms with E-state index in [1.54, 1.807) is 13.8 Å². The molecule has 6 unspecified atom stereocenters. The van der Waals surface area contributed by atoms with Gasteiger partial charge < -0.3 is 31.5 Å². The van der Waals surface area contributed by atoms with E-state index in [1.807, 2.05) is 13.8 Å². The van der Waals surface area contributed by atoms with Crippen molar-refractivity contribution in [3.63, 3.8) is 0 Å². The molecule has 0 aromatic carbocycles. The van der Waals surface area contributed by atoms with E-state index in [2.05, 4.69) is 10.6 Å². The van der Waals surface area contributed by atoms with Crippen molar-refractivity contribution >= 4 is 23.7 Å². The zero-order valence-electron chi connectivity index (χ0n) is 18.4. The number of hydrogen-bond donors (Lipinski definition) is 5. The van der Waals surface area contributed by atoms with Gasteiger partial charge in [-0.2, -0.15) is 0 Å². The molecule has 0 bridgehead atoms. The average Bonchev–Trinajstić information content (AvgIpc) is 3.17. The van der Waals surface area contributed by atoms with Gasteiger partial charge in [-0.05, 0) is 31.6 Å². The SMILES string of the molecule is CCC(C)C(N)C(=O)NC(C(=O)NC(C(=O)N1CCCC1C(=O)O)C(C)O)C(C)C. The molecule has 30 heavy (non-hydrogen) atoms. The molecule has 0 radical (unpaired) electrons. The van der Waals surface area contributed by atoms with Crippen molar-refractivity contribution in [3.8, 4) is 0 Å². The van der Waals surface area contributed by atoms with Crippen LogP contribution in [0.25, 0.3) is 0 Å². The van der Waals surface area contributed by atoms with Crippen molar-refractivity contribution in [1.82, 2.24) is 15.5 Å². The number of aliphatic hydroxyl groups excluding tert-OH is 1. The Bertz CT molecular complexity index is 639. The van der Waals surface area contributed by atoms with Gasteiger partial charge in [-0.3, -0.25) is 14.4 Å². The summed E-state index contributed by atoms with van der Waals surface area (Å²) in [6, 6.07) is -4.04. The van der Waals surface area contributed by atoms with Gasteiger partial charge in [0.25, 0.3) is 0 Å². The van der Waals surface area contributed by atoms with Crippen LogP contribution in [0.3, 0.4) is 0 Å². The number of hydrogen-bond acceptors (Lipinski definition) is 6. The molecule has 3 amide bonds. The first-order valence-electron chi connectivity index (χ1n) is 10.5. The van der Waals surface area contributed by atoms with Gasteiger partial charge in [0.15, 0.2) is 0 Å². The molecule has 1 aliphatic heterocycles. The lowest BCUT2D eigenvalue weighted by molar-refractivity contribution is -0.151. The maximum absolute atomic E-state index is 12.9. The first-order chi connectivity index (χ1) is 13.9. The number of nitrogens with one attached hydrogen (secondary N) is 2. The Balaban J connectivity index is 2.94. The number of aliphatic hydroxyl groups is 1. The third kappa shape index (κ3) is 6.40. The summed E-state index contributed by atoms with van der Waals surface area (Å²) in [7, 11) is 0. The summed E-state index contributed by atoms with van der Waals surface area (Å²) in [6.07, 6.45) is 0.301. The van der Waals surface area contributed by atoms with Gasteiger partial charge in [-0.25, -0.2) is 4.79 Å². The summed E-state index contributed by atoms with van der Waals surface area (Å²) in [6.45, 7) is 8.80. The molecular formula is C20H36N4O6. The number of likely N-dealkylation sites (tertiary alicyclic amines) is 1. The molecule has 0 aliphatic carbocycles. The first kappa shape index (κ1) is 25.8. The zero-order chi connectivity index (χ0) is 23.2. The lowest BCUT2D eigenvalue weighted by Crippen LogP contribution is -2.61. The lowest BCUT2D eigenvalue weighted by Gasteiger charge is -2.31. The molecule has 6 atom stereocenters. The molecule has 0 saturated carbocycles. The van der Waals surface area contributed by atoms with Crippen molar-refractivity contribution in [2.45, 2.75) is 84.2 Å². The van der Waals surface area contributed by atoms with Crippen LogP contribution >= 0.6 is 0 Å². The highest BCUT2D eigenvalue weighted by molar-refractivity contribution is 5.94. The Kier molecular flexibility index (Phi) is 9.70. The summed E-state index contributed by atoms with van der Waals surface area (Å²) in [5.74, 6) is -3.27.